The highest BCUT2D eigenvalue weighted by Crippen LogP contribution is 2.32. The van der Waals surface area contributed by atoms with Gasteiger partial charge in [0.25, 0.3) is 5.91 Å². The van der Waals surface area contributed by atoms with Crippen LogP contribution in [0.4, 0.5) is 0 Å². The third kappa shape index (κ3) is 4.86. The van der Waals surface area contributed by atoms with Crippen LogP contribution in [-0.2, 0) is 17.6 Å². The smallest absolute Gasteiger partial charge is 0.267 e. The molecule has 6 heteroatoms. The van der Waals surface area contributed by atoms with Crippen molar-refractivity contribution in [2.24, 2.45) is 0 Å². The van der Waals surface area contributed by atoms with E-state index in [9.17, 15) is 4.79 Å². The number of hydroxylamine groups is 1. The average molecular weight is 391 g/mol. The molecule has 0 aliphatic heterocycles. The van der Waals surface area contributed by atoms with E-state index in [2.05, 4.69) is 17.4 Å². The number of amides is 1. The fraction of sp³-hybridized carbons (Fsp3) is 0.250. The van der Waals surface area contributed by atoms with Crippen molar-refractivity contribution in [3.05, 3.63) is 74.8 Å². The summed E-state index contributed by atoms with van der Waals surface area (Å²) in [5.74, 6) is -0.536. The number of rotatable bonds is 6. The molecule has 0 aromatic heterocycles. The van der Waals surface area contributed by atoms with Crippen molar-refractivity contribution >= 4 is 35.2 Å². The van der Waals surface area contributed by atoms with Crippen LogP contribution in [0.1, 0.15) is 34.7 Å². The van der Waals surface area contributed by atoms with E-state index in [-0.39, 0.29) is 0 Å². The zero-order valence-corrected chi connectivity index (χ0v) is 15.6. The normalized spacial score (nSPS) is 16.0. The molecule has 1 aliphatic carbocycles. The number of hydrogen-bond donors (Lipinski definition) is 3. The Morgan fingerprint density at radius 2 is 1.96 bits per heavy atom. The van der Waals surface area contributed by atoms with Gasteiger partial charge in [-0.05, 0) is 72.3 Å². The van der Waals surface area contributed by atoms with Gasteiger partial charge < -0.3 is 5.32 Å². The summed E-state index contributed by atoms with van der Waals surface area (Å²) in [6.45, 7) is 0.846. The fourth-order valence-electron chi connectivity index (χ4n) is 3.31. The summed E-state index contributed by atoms with van der Waals surface area (Å²) in [5, 5.41) is 13.4. The van der Waals surface area contributed by atoms with Crippen LogP contribution in [0.2, 0.25) is 10.0 Å². The molecule has 1 amide bonds. The van der Waals surface area contributed by atoms with Crippen molar-refractivity contribution in [2.45, 2.75) is 25.3 Å². The lowest BCUT2D eigenvalue weighted by Crippen LogP contribution is -2.21. The van der Waals surface area contributed by atoms with E-state index in [1.54, 1.807) is 17.6 Å². The molecule has 0 spiro atoms. The van der Waals surface area contributed by atoms with Crippen molar-refractivity contribution in [1.82, 2.24) is 10.8 Å². The van der Waals surface area contributed by atoms with E-state index < -0.39 is 5.91 Å². The number of fused-ring (bicyclic) bond motifs is 1. The predicted molar refractivity (Wildman–Crippen MR) is 105 cm³/mol. The van der Waals surface area contributed by atoms with E-state index >= 15 is 0 Å². The summed E-state index contributed by atoms with van der Waals surface area (Å²) < 4.78 is 0. The van der Waals surface area contributed by atoms with E-state index in [1.165, 1.54) is 17.2 Å². The minimum absolute atomic E-state index is 0.332. The molecule has 1 unspecified atom stereocenters. The molecule has 0 saturated carbocycles. The van der Waals surface area contributed by atoms with Gasteiger partial charge in [-0.2, -0.15) is 0 Å². The van der Waals surface area contributed by atoms with Crippen LogP contribution in [0.25, 0.3) is 6.08 Å². The van der Waals surface area contributed by atoms with Crippen LogP contribution in [0.3, 0.4) is 0 Å². The molecule has 0 bridgehead atoms. The first-order valence-corrected chi connectivity index (χ1v) is 9.24. The SMILES string of the molecule is O=C(/C=C/c1ccc2c(c1)CCC2NCCc1cc(Cl)cc(Cl)c1)NO. The maximum atomic E-state index is 11.1. The van der Waals surface area contributed by atoms with E-state index in [0.717, 1.165) is 36.9 Å². The Labute approximate surface area is 162 Å². The molecule has 26 heavy (non-hydrogen) atoms. The molecule has 3 rings (SSSR count). The largest absolute Gasteiger partial charge is 0.310 e. The average Bonchev–Trinajstić information content (AvgIpc) is 3.01. The summed E-state index contributed by atoms with van der Waals surface area (Å²) in [5.41, 5.74) is 6.25. The minimum atomic E-state index is -0.536. The molecular weight excluding hydrogens is 371 g/mol. The Bertz CT molecular complexity index is 816. The molecule has 0 saturated heterocycles. The van der Waals surface area contributed by atoms with Gasteiger partial charge in [0.1, 0.15) is 0 Å². The number of carbonyl (C=O) groups is 1. The minimum Gasteiger partial charge on any atom is -0.310 e. The fourth-order valence-corrected chi connectivity index (χ4v) is 3.88. The summed E-state index contributed by atoms with van der Waals surface area (Å²) in [7, 11) is 0. The van der Waals surface area contributed by atoms with Crippen LogP contribution in [0.5, 0.6) is 0 Å². The first-order chi connectivity index (χ1) is 12.5. The van der Waals surface area contributed by atoms with Gasteiger partial charge >= 0.3 is 0 Å². The van der Waals surface area contributed by atoms with Gasteiger partial charge in [0, 0.05) is 22.2 Å². The van der Waals surface area contributed by atoms with Gasteiger partial charge in [-0.3, -0.25) is 10.0 Å². The molecule has 3 N–H and O–H groups in total. The first-order valence-electron chi connectivity index (χ1n) is 8.48. The maximum absolute atomic E-state index is 11.1. The van der Waals surface area contributed by atoms with Crippen molar-refractivity contribution in [1.29, 1.82) is 0 Å². The van der Waals surface area contributed by atoms with Gasteiger partial charge in [-0.15, -0.1) is 0 Å². The number of halogens is 2. The molecule has 1 atom stereocenters. The molecule has 4 nitrogen and oxygen atoms in total. The topological polar surface area (TPSA) is 61.4 Å². The lowest BCUT2D eigenvalue weighted by Gasteiger charge is -2.14. The van der Waals surface area contributed by atoms with Crippen LogP contribution in [0.15, 0.2) is 42.5 Å². The van der Waals surface area contributed by atoms with Gasteiger partial charge in [0.15, 0.2) is 0 Å². The van der Waals surface area contributed by atoms with Crippen molar-refractivity contribution in [3.8, 4) is 0 Å². The van der Waals surface area contributed by atoms with Gasteiger partial charge in [0.2, 0.25) is 0 Å². The van der Waals surface area contributed by atoms with E-state index in [0.29, 0.717) is 16.1 Å². The lowest BCUT2D eigenvalue weighted by molar-refractivity contribution is -0.124. The van der Waals surface area contributed by atoms with E-state index in [4.69, 9.17) is 28.4 Å². The van der Waals surface area contributed by atoms with Gasteiger partial charge in [-0.25, -0.2) is 5.48 Å². The maximum Gasteiger partial charge on any atom is 0.267 e. The molecule has 2 aromatic rings. The van der Waals surface area contributed by atoms with Crippen LogP contribution >= 0.6 is 23.2 Å². The van der Waals surface area contributed by atoms with Crippen molar-refractivity contribution in [3.63, 3.8) is 0 Å². The summed E-state index contributed by atoms with van der Waals surface area (Å²) in [6.07, 6.45) is 5.92. The molecule has 0 heterocycles. The third-order valence-electron chi connectivity index (χ3n) is 4.51. The Kier molecular flexibility index (Phi) is 6.33. The molecular formula is C20H20Cl2N2O2. The zero-order valence-electron chi connectivity index (χ0n) is 14.1. The lowest BCUT2D eigenvalue weighted by atomic mass is 10.0. The second-order valence-corrected chi connectivity index (χ2v) is 7.21. The summed E-state index contributed by atoms with van der Waals surface area (Å²) >= 11 is 12.1. The monoisotopic (exact) mass is 390 g/mol. The number of nitrogens with one attached hydrogen (secondary N) is 2. The Morgan fingerprint density at radius 1 is 1.19 bits per heavy atom. The second kappa shape index (κ2) is 8.69. The van der Waals surface area contributed by atoms with Crippen molar-refractivity contribution < 1.29 is 10.0 Å². The van der Waals surface area contributed by atoms with Crippen LogP contribution in [0, 0.1) is 0 Å². The van der Waals surface area contributed by atoms with Gasteiger partial charge in [-0.1, -0.05) is 41.4 Å². The summed E-state index contributed by atoms with van der Waals surface area (Å²) in [6, 6.07) is 12.1. The quantitative estimate of drug-likeness (QED) is 0.390. The highest BCUT2D eigenvalue weighted by molar-refractivity contribution is 6.34. The molecule has 0 fully saturated rings. The molecule has 2 aromatic carbocycles. The highest BCUT2D eigenvalue weighted by Gasteiger charge is 2.21. The Balaban J connectivity index is 1.59. The predicted octanol–water partition coefficient (Wildman–Crippen LogP) is 4.33. The van der Waals surface area contributed by atoms with Crippen LogP contribution < -0.4 is 10.8 Å². The second-order valence-electron chi connectivity index (χ2n) is 6.34. The Hall–Kier alpha value is -1.85. The molecule has 136 valence electrons. The number of benzene rings is 2. The number of carbonyl (C=O) groups excluding carboxylic acids is 1. The zero-order chi connectivity index (χ0) is 18.5. The van der Waals surface area contributed by atoms with Gasteiger partial charge in [0.05, 0.1) is 0 Å². The summed E-state index contributed by atoms with van der Waals surface area (Å²) in [4.78, 5) is 11.1. The Morgan fingerprint density at radius 3 is 2.69 bits per heavy atom. The number of hydrogen-bond acceptors (Lipinski definition) is 3. The highest BCUT2D eigenvalue weighted by atomic mass is 35.5. The van der Waals surface area contributed by atoms with Crippen LogP contribution in [-0.4, -0.2) is 17.7 Å². The third-order valence-corrected chi connectivity index (χ3v) is 4.95. The standard InChI is InChI=1S/C20H20Cl2N2O2/c21-16-10-14(11-17(22)12-16)7-8-23-19-5-3-15-9-13(1-4-18(15)19)2-6-20(25)24-26/h1-2,4,6,9-12,19,23,26H,3,5,7-8H2,(H,24,25)/b6-2+. The van der Waals surface area contributed by atoms with Crippen molar-refractivity contribution in [2.75, 3.05) is 6.54 Å². The first kappa shape index (κ1) is 18.9. The van der Waals surface area contributed by atoms with E-state index in [1.807, 2.05) is 18.2 Å². The number of aryl methyl sites for hydroxylation is 1. The molecule has 1 aliphatic rings. The molecule has 0 radical (unpaired) electrons.